The molecule has 2 heterocycles. The average Bonchev–Trinajstić information content (AvgIpc) is 3.20. The van der Waals surface area contributed by atoms with Crippen LogP contribution in [0.1, 0.15) is 28.8 Å². The van der Waals surface area contributed by atoms with Crippen molar-refractivity contribution in [3.8, 4) is 0 Å². The van der Waals surface area contributed by atoms with Gasteiger partial charge in [0.15, 0.2) is 0 Å². The summed E-state index contributed by atoms with van der Waals surface area (Å²) in [6.45, 7) is 1.60. The summed E-state index contributed by atoms with van der Waals surface area (Å²) in [4.78, 5) is 27.3. The van der Waals surface area contributed by atoms with Gasteiger partial charge >= 0.3 is 5.63 Å². The topological polar surface area (TPSA) is 59.8 Å². The number of nitrogens with zero attached hydrogens (tertiary/aromatic N) is 1. The van der Waals surface area contributed by atoms with E-state index in [1.807, 2.05) is 42.5 Å². The van der Waals surface area contributed by atoms with Crippen molar-refractivity contribution < 1.29 is 13.9 Å². The van der Waals surface area contributed by atoms with E-state index in [4.69, 9.17) is 9.15 Å². The fourth-order valence-electron chi connectivity index (χ4n) is 3.44. The fraction of sp³-hybridized carbons (Fsp3) is 0.273. The van der Waals surface area contributed by atoms with Crippen LogP contribution in [0.15, 0.2) is 69.9 Å². The van der Waals surface area contributed by atoms with Crippen LogP contribution in [0, 0.1) is 0 Å². The number of rotatable bonds is 5. The van der Waals surface area contributed by atoms with E-state index in [1.165, 1.54) is 0 Å². The van der Waals surface area contributed by atoms with Crippen molar-refractivity contribution in [3.05, 3.63) is 82.2 Å². The Morgan fingerprint density at radius 1 is 1.07 bits per heavy atom. The quantitative estimate of drug-likeness (QED) is 0.650. The molecule has 0 saturated carbocycles. The molecule has 5 nitrogen and oxygen atoms in total. The molecule has 1 amide bonds. The molecule has 0 radical (unpaired) electrons. The number of carbonyl (C=O) groups excluding carboxylic acids is 1. The van der Waals surface area contributed by atoms with Crippen LogP contribution < -0.4 is 5.63 Å². The molecule has 3 aromatic rings. The molecular weight excluding hydrogens is 342 g/mol. The number of fused-ring (bicyclic) bond motifs is 1. The zero-order chi connectivity index (χ0) is 18.6. The first-order valence-corrected chi connectivity index (χ1v) is 9.18. The highest BCUT2D eigenvalue weighted by Gasteiger charge is 2.26. The molecule has 2 aromatic carbocycles. The summed E-state index contributed by atoms with van der Waals surface area (Å²) < 4.78 is 11.1. The zero-order valence-electron chi connectivity index (χ0n) is 15.0. The molecule has 0 N–H and O–H groups in total. The summed E-state index contributed by atoms with van der Waals surface area (Å²) in [6.07, 6.45) is 1.92. The third-order valence-corrected chi connectivity index (χ3v) is 4.82. The highest BCUT2D eigenvalue weighted by molar-refractivity contribution is 5.96. The van der Waals surface area contributed by atoms with Gasteiger partial charge in [0.2, 0.25) is 0 Å². The molecule has 1 aliphatic rings. The molecule has 4 rings (SSSR count). The SMILES string of the molecule is O=C(c1cc2ccccc2oc1=O)N(Cc1ccccc1)C[C@@H]1CCCO1. The second kappa shape index (κ2) is 7.76. The molecule has 5 heteroatoms. The molecule has 1 saturated heterocycles. The van der Waals surface area contributed by atoms with E-state index < -0.39 is 5.63 Å². The molecule has 0 unspecified atom stereocenters. The average molecular weight is 363 g/mol. The Bertz CT molecular complexity index is 990. The Hall–Kier alpha value is -2.92. The minimum absolute atomic E-state index is 0.00478. The van der Waals surface area contributed by atoms with Crippen LogP contribution in [0.5, 0.6) is 0 Å². The molecule has 1 aliphatic heterocycles. The first-order chi connectivity index (χ1) is 13.2. The second-order valence-electron chi connectivity index (χ2n) is 6.79. The highest BCUT2D eigenvalue weighted by atomic mass is 16.5. The number of carbonyl (C=O) groups is 1. The van der Waals surface area contributed by atoms with Gasteiger partial charge < -0.3 is 14.1 Å². The summed E-state index contributed by atoms with van der Waals surface area (Å²) in [7, 11) is 0. The lowest BCUT2D eigenvalue weighted by Crippen LogP contribution is -2.38. The predicted molar refractivity (Wildman–Crippen MR) is 103 cm³/mol. The van der Waals surface area contributed by atoms with E-state index in [0.29, 0.717) is 18.7 Å². The maximum absolute atomic E-state index is 13.2. The summed E-state index contributed by atoms with van der Waals surface area (Å²) in [6, 6.07) is 18.6. The first kappa shape index (κ1) is 17.5. The molecule has 0 aliphatic carbocycles. The van der Waals surface area contributed by atoms with Crippen LogP contribution in [-0.4, -0.2) is 30.1 Å². The number of amides is 1. The molecule has 0 spiro atoms. The lowest BCUT2D eigenvalue weighted by molar-refractivity contribution is 0.0504. The predicted octanol–water partition coefficient (Wildman–Crippen LogP) is 3.61. The van der Waals surface area contributed by atoms with Gasteiger partial charge in [-0.15, -0.1) is 0 Å². The standard InChI is InChI=1S/C22H21NO4/c24-21(19-13-17-9-4-5-11-20(17)27-22(19)25)23(15-18-10-6-12-26-18)14-16-7-2-1-3-8-16/h1-5,7-9,11,13,18H,6,10,12,14-15H2/t18-/m0/s1. The minimum Gasteiger partial charge on any atom is -0.422 e. The summed E-state index contributed by atoms with van der Waals surface area (Å²) in [5, 5.41) is 0.734. The van der Waals surface area contributed by atoms with E-state index in [9.17, 15) is 9.59 Å². The van der Waals surface area contributed by atoms with Crippen molar-refractivity contribution in [2.75, 3.05) is 13.2 Å². The van der Waals surface area contributed by atoms with E-state index in [2.05, 4.69) is 0 Å². The smallest absolute Gasteiger partial charge is 0.349 e. The Labute approximate surface area is 157 Å². The van der Waals surface area contributed by atoms with Crippen LogP contribution in [0.4, 0.5) is 0 Å². The van der Waals surface area contributed by atoms with Crippen molar-refractivity contribution in [1.29, 1.82) is 0 Å². The van der Waals surface area contributed by atoms with Crippen LogP contribution in [-0.2, 0) is 11.3 Å². The Balaban J connectivity index is 1.66. The van der Waals surface area contributed by atoms with E-state index in [-0.39, 0.29) is 17.6 Å². The third kappa shape index (κ3) is 3.93. The van der Waals surface area contributed by atoms with Crippen molar-refractivity contribution in [2.24, 2.45) is 0 Å². The molecular formula is C22H21NO4. The van der Waals surface area contributed by atoms with Gasteiger partial charge in [0, 0.05) is 25.1 Å². The number of hydrogen-bond donors (Lipinski definition) is 0. The lowest BCUT2D eigenvalue weighted by Gasteiger charge is -2.25. The van der Waals surface area contributed by atoms with E-state index in [1.54, 1.807) is 23.1 Å². The molecule has 138 valence electrons. The number of hydrogen-bond acceptors (Lipinski definition) is 4. The maximum Gasteiger partial charge on any atom is 0.349 e. The van der Waals surface area contributed by atoms with E-state index >= 15 is 0 Å². The van der Waals surface area contributed by atoms with Crippen LogP contribution in [0.3, 0.4) is 0 Å². The normalized spacial score (nSPS) is 16.5. The molecule has 0 bridgehead atoms. The van der Waals surface area contributed by atoms with Crippen molar-refractivity contribution in [3.63, 3.8) is 0 Å². The first-order valence-electron chi connectivity index (χ1n) is 9.18. The number of benzene rings is 2. The van der Waals surface area contributed by atoms with Crippen molar-refractivity contribution in [1.82, 2.24) is 4.90 Å². The summed E-state index contributed by atoms with van der Waals surface area (Å²) in [5.74, 6) is -0.325. The zero-order valence-corrected chi connectivity index (χ0v) is 15.0. The van der Waals surface area contributed by atoms with Gasteiger partial charge in [-0.25, -0.2) is 4.79 Å². The van der Waals surface area contributed by atoms with Crippen molar-refractivity contribution in [2.45, 2.75) is 25.5 Å². The van der Waals surface area contributed by atoms with Crippen molar-refractivity contribution >= 4 is 16.9 Å². The van der Waals surface area contributed by atoms with Gasteiger partial charge in [-0.1, -0.05) is 48.5 Å². The van der Waals surface area contributed by atoms with Gasteiger partial charge in [-0.2, -0.15) is 0 Å². The summed E-state index contributed by atoms with van der Waals surface area (Å²) in [5.41, 5.74) is 0.938. The van der Waals surface area contributed by atoms with Gasteiger partial charge in [0.05, 0.1) is 6.10 Å². The Kier molecular flexibility index (Phi) is 5.03. The third-order valence-electron chi connectivity index (χ3n) is 4.82. The van der Waals surface area contributed by atoms with Gasteiger partial charge in [0.25, 0.3) is 5.91 Å². The summed E-state index contributed by atoms with van der Waals surface area (Å²) >= 11 is 0. The number of para-hydroxylation sites is 1. The minimum atomic E-state index is -0.607. The molecule has 27 heavy (non-hydrogen) atoms. The van der Waals surface area contributed by atoms with E-state index in [0.717, 1.165) is 30.4 Å². The molecule has 1 aromatic heterocycles. The fourth-order valence-corrected chi connectivity index (χ4v) is 3.44. The Morgan fingerprint density at radius 3 is 2.63 bits per heavy atom. The van der Waals surface area contributed by atoms with Gasteiger partial charge in [-0.05, 0) is 30.5 Å². The largest absolute Gasteiger partial charge is 0.422 e. The number of ether oxygens (including phenoxy) is 1. The lowest BCUT2D eigenvalue weighted by atomic mass is 10.1. The second-order valence-corrected chi connectivity index (χ2v) is 6.79. The molecule has 1 fully saturated rings. The monoisotopic (exact) mass is 363 g/mol. The maximum atomic E-state index is 13.2. The van der Waals surface area contributed by atoms with Crippen LogP contribution in [0.25, 0.3) is 11.0 Å². The molecule has 1 atom stereocenters. The van der Waals surface area contributed by atoms with Gasteiger partial charge in [-0.3, -0.25) is 4.79 Å². The van der Waals surface area contributed by atoms with Crippen LogP contribution >= 0.6 is 0 Å². The highest BCUT2D eigenvalue weighted by Crippen LogP contribution is 2.18. The van der Waals surface area contributed by atoms with Gasteiger partial charge in [0.1, 0.15) is 11.1 Å². The Morgan fingerprint density at radius 2 is 1.85 bits per heavy atom. The van der Waals surface area contributed by atoms with Crippen LogP contribution in [0.2, 0.25) is 0 Å².